The predicted octanol–water partition coefficient (Wildman–Crippen LogP) is 3.36. The average Bonchev–Trinajstić information content (AvgIpc) is 2.49. The molecule has 0 bridgehead atoms. The van der Waals surface area contributed by atoms with Gasteiger partial charge in [0.15, 0.2) is 9.84 Å². The third-order valence-corrected chi connectivity index (χ3v) is 5.18. The van der Waals surface area contributed by atoms with E-state index in [0.29, 0.717) is 16.1 Å². The van der Waals surface area contributed by atoms with E-state index in [-0.39, 0.29) is 23.1 Å². The van der Waals surface area contributed by atoms with Crippen LogP contribution in [0, 0.1) is 5.82 Å². The first kappa shape index (κ1) is 18.7. The number of rotatable bonds is 6. The molecule has 0 saturated heterocycles. The van der Waals surface area contributed by atoms with Crippen molar-refractivity contribution in [1.29, 1.82) is 0 Å². The van der Waals surface area contributed by atoms with E-state index < -0.39 is 21.5 Å². The first-order valence-electron chi connectivity index (χ1n) is 6.91. The molecule has 0 fully saturated rings. The van der Waals surface area contributed by atoms with Crippen LogP contribution in [-0.2, 0) is 26.9 Å². The highest BCUT2D eigenvalue weighted by atomic mass is 35.5. The molecule has 0 saturated carbocycles. The fourth-order valence-electron chi connectivity index (χ4n) is 1.98. The number of sulfone groups is 1. The lowest BCUT2D eigenvalue weighted by atomic mass is 10.2. The van der Waals surface area contributed by atoms with Gasteiger partial charge in [-0.25, -0.2) is 12.8 Å². The van der Waals surface area contributed by atoms with Crippen LogP contribution in [0.15, 0.2) is 42.5 Å². The number of carbonyl (C=O) groups excluding carboxylic acids is 1. The van der Waals surface area contributed by atoms with E-state index in [4.69, 9.17) is 23.2 Å². The normalized spacial score (nSPS) is 11.3. The standard InChI is InChI=1S/C16H14Cl2FNO3S/c17-13-4-3-12(15(18)7-13)9-24(22,23)10-16(21)20-8-11-1-5-14(19)6-2-11/h1-7H,8-10H2,(H,20,21). The predicted molar refractivity (Wildman–Crippen MR) is 92.2 cm³/mol. The molecule has 0 heterocycles. The first-order chi connectivity index (χ1) is 11.2. The second kappa shape index (κ2) is 7.96. The summed E-state index contributed by atoms with van der Waals surface area (Å²) in [5.41, 5.74) is 1.05. The molecule has 0 aliphatic heterocycles. The Kier molecular flexibility index (Phi) is 6.21. The summed E-state index contributed by atoms with van der Waals surface area (Å²) in [5, 5.41) is 3.12. The van der Waals surface area contributed by atoms with E-state index in [0.717, 1.165) is 0 Å². The Labute approximate surface area is 149 Å². The van der Waals surface area contributed by atoms with E-state index in [1.54, 1.807) is 0 Å². The molecular formula is C16H14Cl2FNO3S. The maximum absolute atomic E-state index is 12.8. The summed E-state index contributed by atoms with van der Waals surface area (Å²) in [6, 6.07) is 10.0. The summed E-state index contributed by atoms with van der Waals surface area (Å²) in [5.74, 6) is -2.03. The minimum atomic E-state index is -3.68. The van der Waals surface area contributed by atoms with Crippen LogP contribution in [0.2, 0.25) is 10.0 Å². The fraction of sp³-hybridized carbons (Fsp3) is 0.188. The lowest BCUT2D eigenvalue weighted by Gasteiger charge is -2.08. The van der Waals surface area contributed by atoms with Crippen LogP contribution in [0.25, 0.3) is 0 Å². The van der Waals surface area contributed by atoms with Gasteiger partial charge < -0.3 is 5.32 Å². The second-order valence-corrected chi connectivity index (χ2v) is 8.08. The van der Waals surface area contributed by atoms with Gasteiger partial charge in [0, 0.05) is 16.6 Å². The summed E-state index contributed by atoms with van der Waals surface area (Å²) < 4.78 is 37.0. The highest BCUT2D eigenvalue weighted by Gasteiger charge is 2.19. The van der Waals surface area contributed by atoms with Crippen LogP contribution in [0.1, 0.15) is 11.1 Å². The molecule has 1 N–H and O–H groups in total. The van der Waals surface area contributed by atoms with Gasteiger partial charge in [-0.3, -0.25) is 4.79 Å². The molecule has 2 aromatic rings. The number of nitrogens with one attached hydrogen (secondary N) is 1. The van der Waals surface area contributed by atoms with Crippen molar-refractivity contribution >= 4 is 38.9 Å². The molecule has 0 aliphatic carbocycles. The second-order valence-electron chi connectivity index (χ2n) is 5.17. The number of hydrogen-bond acceptors (Lipinski definition) is 3. The van der Waals surface area contributed by atoms with Crippen LogP contribution in [0.5, 0.6) is 0 Å². The zero-order valence-electron chi connectivity index (χ0n) is 12.4. The highest BCUT2D eigenvalue weighted by molar-refractivity contribution is 7.91. The van der Waals surface area contributed by atoms with Crippen LogP contribution < -0.4 is 5.32 Å². The van der Waals surface area contributed by atoms with Crippen molar-refractivity contribution < 1.29 is 17.6 Å². The smallest absolute Gasteiger partial charge is 0.235 e. The molecule has 0 atom stereocenters. The van der Waals surface area contributed by atoms with Gasteiger partial charge in [0.25, 0.3) is 0 Å². The Bertz CT molecular complexity index is 839. The van der Waals surface area contributed by atoms with E-state index in [2.05, 4.69) is 5.32 Å². The van der Waals surface area contributed by atoms with Gasteiger partial charge in [-0.15, -0.1) is 0 Å². The van der Waals surface area contributed by atoms with Gasteiger partial charge in [-0.1, -0.05) is 41.4 Å². The SMILES string of the molecule is O=C(CS(=O)(=O)Cc1ccc(Cl)cc1Cl)NCc1ccc(F)cc1. The maximum Gasteiger partial charge on any atom is 0.235 e. The van der Waals surface area contributed by atoms with Gasteiger partial charge >= 0.3 is 0 Å². The number of carbonyl (C=O) groups is 1. The van der Waals surface area contributed by atoms with Gasteiger partial charge in [0.05, 0.1) is 5.75 Å². The topological polar surface area (TPSA) is 63.2 Å². The van der Waals surface area contributed by atoms with Crippen molar-refractivity contribution in [1.82, 2.24) is 5.32 Å². The molecule has 1 amide bonds. The van der Waals surface area contributed by atoms with Crippen LogP contribution >= 0.6 is 23.2 Å². The third kappa shape index (κ3) is 5.78. The van der Waals surface area contributed by atoms with E-state index in [1.165, 1.54) is 42.5 Å². The van der Waals surface area contributed by atoms with Crippen molar-refractivity contribution in [3.8, 4) is 0 Å². The minimum absolute atomic E-state index is 0.121. The largest absolute Gasteiger partial charge is 0.351 e. The van der Waals surface area contributed by atoms with Crippen molar-refractivity contribution in [3.05, 3.63) is 69.5 Å². The molecule has 2 rings (SSSR count). The number of amides is 1. The molecule has 2 aromatic carbocycles. The summed E-state index contributed by atoms with van der Waals surface area (Å²) >= 11 is 11.7. The van der Waals surface area contributed by atoms with Gasteiger partial charge in [-0.2, -0.15) is 0 Å². The van der Waals surface area contributed by atoms with Crippen LogP contribution in [0.4, 0.5) is 4.39 Å². The number of halogens is 3. The summed E-state index contributed by atoms with van der Waals surface area (Å²) in [4.78, 5) is 11.8. The summed E-state index contributed by atoms with van der Waals surface area (Å²) in [7, 11) is -3.68. The van der Waals surface area contributed by atoms with Gasteiger partial charge in [-0.05, 0) is 35.4 Å². The minimum Gasteiger partial charge on any atom is -0.351 e. The van der Waals surface area contributed by atoms with Crippen molar-refractivity contribution in [2.24, 2.45) is 0 Å². The molecular weight excluding hydrogens is 376 g/mol. The Morgan fingerprint density at radius 2 is 1.75 bits per heavy atom. The molecule has 0 aliphatic rings. The lowest BCUT2D eigenvalue weighted by molar-refractivity contribution is -0.118. The van der Waals surface area contributed by atoms with E-state index >= 15 is 0 Å². The summed E-state index contributed by atoms with van der Waals surface area (Å²) in [6.07, 6.45) is 0. The average molecular weight is 390 g/mol. The molecule has 0 unspecified atom stereocenters. The Hall–Kier alpha value is -1.63. The van der Waals surface area contributed by atoms with E-state index in [1.807, 2.05) is 0 Å². The quantitative estimate of drug-likeness (QED) is 0.823. The monoisotopic (exact) mass is 389 g/mol. The highest BCUT2D eigenvalue weighted by Crippen LogP contribution is 2.22. The van der Waals surface area contributed by atoms with E-state index in [9.17, 15) is 17.6 Å². The van der Waals surface area contributed by atoms with Crippen LogP contribution in [0.3, 0.4) is 0 Å². The fourth-order valence-corrected chi connectivity index (χ4v) is 3.86. The Balaban J connectivity index is 1.93. The third-order valence-electron chi connectivity index (χ3n) is 3.14. The molecule has 0 aromatic heterocycles. The van der Waals surface area contributed by atoms with Crippen molar-refractivity contribution in [2.45, 2.75) is 12.3 Å². The lowest BCUT2D eigenvalue weighted by Crippen LogP contribution is -2.30. The molecule has 8 heteroatoms. The number of benzene rings is 2. The molecule has 24 heavy (non-hydrogen) atoms. The molecule has 128 valence electrons. The summed E-state index contributed by atoms with van der Waals surface area (Å²) in [6.45, 7) is 0.121. The Morgan fingerprint density at radius 3 is 2.38 bits per heavy atom. The Morgan fingerprint density at radius 1 is 1.08 bits per heavy atom. The zero-order chi connectivity index (χ0) is 17.7. The maximum atomic E-state index is 12.8. The van der Waals surface area contributed by atoms with Crippen LogP contribution in [-0.4, -0.2) is 20.1 Å². The van der Waals surface area contributed by atoms with Crippen molar-refractivity contribution in [3.63, 3.8) is 0 Å². The zero-order valence-corrected chi connectivity index (χ0v) is 14.8. The van der Waals surface area contributed by atoms with Gasteiger partial charge in [0.1, 0.15) is 11.6 Å². The van der Waals surface area contributed by atoms with Gasteiger partial charge in [0.2, 0.25) is 5.91 Å². The van der Waals surface area contributed by atoms with Crippen molar-refractivity contribution in [2.75, 3.05) is 5.75 Å². The molecule has 0 spiro atoms. The number of hydrogen-bond donors (Lipinski definition) is 1. The molecule has 4 nitrogen and oxygen atoms in total. The molecule has 0 radical (unpaired) electrons. The first-order valence-corrected chi connectivity index (χ1v) is 9.48.